The van der Waals surface area contributed by atoms with Crippen molar-refractivity contribution in [2.75, 3.05) is 62.4 Å². The number of fused-ring (bicyclic) bond motifs is 2. The number of hydrogen-bond donors (Lipinski definition) is 2. The molecule has 4 aromatic rings. The zero-order valence-corrected chi connectivity index (χ0v) is 26.3. The molecule has 4 heterocycles. The minimum atomic E-state index is -0.535. The molecule has 10 nitrogen and oxygen atoms in total. The van der Waals surface area contributed by atoms with Gasteiger partial charge in [-0.1, -0.05) is 38.1 Å². The lowest BCUT2D eigenvalue weighted by atomic mass is 9.94. The maximum atomic E-state index is 16.8. The number of aromatic nitrogens is 4. The molecule has 2 aromatic heterocycles. The van der Waals surface area contributed by atoms with Gasteiger partial charge in [0.25, 0.3) is 0 Å². The van der Waals surface area contributed by atoms with Crippen molar-refractivity contribution >= 4 is 56.9 Å². The predicted molar refractivity (Wildman–Crippen MR) is 173 cm³/mol. The SMILES string of the molecule is C=CC(=O)N1CCN(c2nc(N3CC(N(C)C)C3)nc3c(F)c(-c4c(C)ccc5[nH]nc(N)c45)c(Cl)cc23)CC1C.CC. The van der Waals surface area contributed by atoms with Crippen LogP contribution >= 0.6 is 11.6 Å². The summed E-state index contributed by atoms with van der Waals surface area (Å²) in [5.74, 6) is 0.692. The Morgan fingerprint density at radius 3 is 2.53 bits per heavy atom. The molecule has 0 saturated carbocycles. The third kappa shape index (κ3) is 5.25. The molecule has 1 amide bonds. The predicted octanol–water partition coefficient (Wildman–Crippen LogP) is 4.86. The monoisotopic (exact) mass is 607 g/mol. The number of amides is 1. The number of carbonyl (C=O) groups is 1. The number of benzene rings is 2. The van der Waals surface area contributed by atoms with E-state index in [-0.39, 0.29) is 33.9 Å². The number of carbonyl (C=O) groups excluding carboxylic acids is 1. The van der Waals surface area contributed by atoms with Gasteiger partial charge in [0.1, 0.15) is 11.3 Å². The highest BCUT2D eigenvalue weighted by Gasteiger charge is 2.34. The first kappa shape index (κ1) is 30.5. The number of nitrogens with two attached hydrogens (primary N) is 1. The van der Waals surface area contributed by atoms with Crippen molar-refractivity contribution in [1.29, 1.82) is 0 Å². The van der Waals surface area contributed by atoms with Gasteiger partial charge in [0.2, 0.25) is 11.9 Å². The van der Waals surface area contributed by atoms with Crippen molar-refractivity contribution in [3.05, 3.63) is 47.3 Å². The van der Waals surface area contributed by atoms with Crippen molar-refractivity contribution < 1.29 is 9.18 Å². The van der Waals surface area contributed by atoms with Crippen LogP contribution in [-0.4, -0.2) is 94.8 Å². The number of halogens is 2. The lowest BCUT2D eigenvalue weighted by Gasteiger charge is -2.43. The number of nitrogens with zero attached hydrogens (tertiary/aromatic N) is 7. The van der Waals surface area contributed by atoms with Gasteiger partial charge in [-0.3, -0.25) is 9.89 Å². The van der Waals surface area contributed by atoms with E-state index in [2.05, 4.69) is 31.5 Å². The molecule has 2 aromatic carbocycles. The maximum Gasteiger partial charge on any atom is 0.246 e. The topological polar surface area (TPSA) is 111 Å². The fourth-order valence-corrected chi connectivity index (χ4v) is 6.17. The van der Waals surface area contributed by atoms with Gasteiger partial charge in [-0.05, 0) is 51.7 Å². The van der Waals surface area contributed by atoms with Crippen LogP contribution in [0.5, 0.6) is 0 Å². The average Bonchev–Trinajstić information content (AvgIpc) is 3.34. The molecule has 3 N–H and O–H groups in total. The second-order valence-corrected chi connectivity index (χ2v) is 11.5. The van der Waals surface area contributed by atoms with E-state index in [0.29, 0.717) is 59.3 Å². The van der Waals surface area contributed by atoms with Crippen molar-refractivity contribution in [2.24, 2.45) is 0 Å². The molecule has 2 saturated heterocycles. The molecule has 0 bridgehead atoms. The molecule has 0 aliphatic carbocycles. The number of anilines is 3. The standard InChI is InChI=1S/C29H33ClFN9O.C2H6/c1-6-21(41)40-10-9-38(12-16(40)3)28-18-11-19(30)23(22-15(2)7-8-20-24(22)27(32)36-35-20)25(31)26(18)33-29(34-28)39-13-17(14-39)37(4)5;1-2/h6-8,11,16-17H,1,9-10,12-14H2,2-5H3,(H3,32,35,36);1-2H3. The summed E-state index contributed by atoms with van der Waals surface area (Å²) in [5.41, 5.74) is 8.73. The third-order valence-electron chi connectivity index (χ3n) is 8.33. The number of likely N-dealkylation sites (N-methyl/N-ethyl adjacent to an activating group) is 1. The number of aryl methyl sites for hydroxylation is 1. The Morgan fingerprint density at radius 1 is 1.16 bits per heavy atom. The molecule has 43 heavy (non-hydrogen) atoms. The zero-order valence-electron chi connectivity index (χ0n) is 25.6. The van der Waals surface area contributed by atoms with Crippen LogP contribution < -0.4 is 15.5 Å². The van der Waals surface area contributed by atoms with E-state index in [1.165, 1.54) is 6.08 Å². The van der Waals surface area contributed by atoms with Crippen LogP contribution in [-0.2, 0) is 4.79 Å². The number of rotatable bonds is 5. The number of nitrogens with one attached hydrogen (secondary N) is 1. The molecule has 2 fully saturated rings. The van der Waals surface area contributed by atoms with Crippen molar-refractivity contribution in [3.8, 4) is 11.1 Å². The van der Waals surface area contributed by atoms with E-state index >= 15 is 4.39 Å². The highest BCUT2D eigenvalue weighted by molar-refractivity contribution is 6.35. The normalized spacial score (nSPS) is 17.3. The second-order valence-electron chi connectivity index (χ2n) is 11.1. The van der Waals surface area contributed by atoms with Gasteiger partial charge in [-0.2, -0.15) is 10.1 Å². The first-order chi connectivity index (χ1) is 20.6. The molecule has 228 valence electrons. The van der Waals surface area contributed by atoms with Crippen LogP contribution in [0.15, 0.2) is 30.9 Å². The summed E-state index contributed by atoms with van der Waals surface area (Å²) < 4.78 is 16.8. The molecular formula is C31H39ClFN9O. The van der Waals surface area contributed by atoms with Gasteiger partial charge in [0.05, 0.1) is 15.9 Å². The highest BCUT2D eigenvalue weighted by atomic mass is 35.5. The molecule has 2 aliphatic rings. The second kappa shape index (κ2) is 12.0. The summed E-state index contributed by atoms with van der Waals surface area (Å²) in [6, 6.07) is 5.77. The van der Waals surface area contributed by atoms with Crippen molar-refractivity contribution in [2.45, 2.75) is 39.8 Å². The van der Waals surface area contributed by atoms with Crippen LogP contribution in [0.25, 0.3) is 32.9 Å². The highest BCUT2D eigenvalue weighted by Crippen LogP contribution is 2.43. The summed E-state index contributed by atoms with van der Waals surface area (Å²) in [6.45, 7) is 14.5. The lowest BCUT2D eigenvalue weighted by molar-refractivity contribution is -0.128. The summed E-state index contributed by atoms with van der Waals surface area (Å²) in [4.78, 5) is 30.2. The van der Waals surface area contributed by atoms with E-state index in [9.17, 15) is 4.79 Å². The van der Waals surface area contributed by atoms with E-state index in [1.807, 2.05) is 53.9 Å². The molecule has 6 rings (SSSR count). The fraction of sp³-hybridized carbons (Fsp3) is 0.419. The number of H-pyrrole nitrogens is 1. The number of hydrogen-bond acceptors (Lipinski definition) is 8. The summed E-state index contributed by atoms with van der Waals surface area (Å²) in [6.07, 6.45) is 1.33. The molecule has 1 atom stereocenters. The minimum absolute atomic E-state index is 0.0891. The Labute approximate surface area is 256 Å². The van der Waals surface area contributed by atoms with Crippen LogP contribution in [0.4, 0.5) is 22.0 Å². The Kier molecular flexibility index (Phi) is 8.49. The van der Waals surface area contributed by atoms with Gasteiger partial charge in [0, 0.05) is 61.3 Å². The summed E-state index contributed by atoms with van der Waals surface area (Å²) >= 11 is 6.89. The molecular weight excluding hydrogens is 569 g/mol. The molecule has 12 heteroatoms. The van der Waals surface area contributed by atoms with Gasteiger partial charge >= 0.3 is 0 Å². The van der Waals surface area contributed by atoms with Crippen LogP contribution in [0.3, 0.4) is 0 Å². The molecule has 0 radical (unpaired) electrons. The van der Waals surface area contributed by atoms with Gasteiger partial charge in [-0.25, -0.2) is 9.37 Å². The van der Waals surface area contributed by atoms with Crippen LogP contribution in [0.1, 0.15) is 26.3 Å². The molecule has 1 unspecified atom stereocenters. The smallest absolute Gasteiger partial charge is 0.246 e. The van der Waals surface area contributed by atoms with Crippen molar-refractivity contribution in [3.63, 3.8) is 0 Å². The quantitative estimate of drug-likeness (QED) is 0.310. The zero-order chi connectivity index (χ0) is 31.2. The largest absolute Gasteiger partial charge is 0.382 e. The van der Waals surface area contributed by atoms with E-state index < -0.39 is 5.82 Å². The number of piperazine rings is 1. The first-order valence-electron chi connectivity index (χ1n) is 14.6. The van der Waals surface area contributed by atoms with E-state index in [0.717, 1.165) is 18.7 Å². The molecule has 0 spiro atoms. The number of aromatic amines is 1. The lowest BCUT2D eigenvalue weighted by Crippen LogP contribution is -2.58. The Balaban J connectivity index is 0.00000180. The van der Waals surface area contributed by atoms with E-state index in [4.69, 9.17) is 27.3 Å². The Morgan fingerprint density at radius 2 is 1.88 bits per heavy atom. The average molecular weight is 608 g/mol. The third-order valence-corrected chi connectivity index (χ3v) is 8.63. The number of nitrogen functional groups attached to an aromatic ring is 1. The summed E-state index contributed by atoms with van der Waals surface area (Å²) in [5, 5.41) is 8.42. The van der Waals surface area contributed by atoms with E-state index in [1.54, 1.807) is 11.0 Å². The van der Waals surface area contributed by atoms with Crippen LogP contribution in [0.2, 0.25) is 5.02 Å². The van der Waals surface area contributed by atoms with Crippen molar-refractivity contribution in [1.82, 2.24) is 30.0 Å². The van der Waals surface area contributed by atoms with Gasteiger partial charge < -0.3 is 25.3 Å². The Bertz CT molecular complexity index is 1700. The van der Waals surface area contributed by atoms with Gasteiger partial charge in [0.15, 0.2) is 11.6 Å². The van der Waals surface area contributed by atoms with Gasteiger partial charge in [-0.15, -0.1) is 0 Å². The maximum absolute atomic E-state index is 16.8. The Hall–Kier alpha value is -3.96. The van der Waals surface area contributed by atoms with Crippen LogP contribution in [0, 0.1) is 12.7 Å². The molecule has 2 aliphatic heterocycles. The first-order valence-corrected chi connectivity index (χ1v) is 15.0. The summed E-state index contributed by atoms with van der Waals surface area (Å²) in [7, 11) is 4.08. The minimum Gasteiger partial charge on any atom is -0.382 e. The fourth-order valence-electron chi connectivity index (χ4n) is 5.88.